The Bertz CT molecular complexity index is 728. The second kappa shape index (κ2) is 7.25. The highest BCUT2D eigenvalue weighted by atomic mass is 79.9. The molecule has 0 bridgehead atoms. The number of nitrogens with zero attached hydrogens (tertiary/aromatic N) is 4. The highest BCUT2D eigenvalue weighted by Gasteiger charge is 2.43. The van der Waals surface area contributed by atoms with E-state index in [2.05, 4.69) is 26.0 Å². The standard InChI is InChI=1S/C11H14BrN5O6/c12-1-5(15-16-13)4-2-17(11(22)14-9(4)21)10-8(20)7(19)6(3-18)23-10/h2,5-8,10,18-20H,1,3H2,(H,14,21,22)/t5?,6-,7-,8+,10-/m1/s1. The number of alkyl halides is 1. The minimum Gasteiger partial charge on any atom is -0.394 e. The molecule has 0 aliphatic carbocycles. The molecule has 5 atom stereocenters. The highest BCUT2D eigenvalue weighted by Crippen LogP contribution is 2.28. The number of azide groups is 1. The van der Waals surface area contributed by atoms with Gasteiger partial charge in [-0.1, -0.05) is 21.0 Å². The number of aromatic nitrogens is 2. The summed E-state index contributed by atoms with van der Waals surface area (Å²) in [5, 5.41) is 32.4. The Kier molecular flexibility index (Phi) is 5.57. The molecule has 12 heteroatoms. The number of rotatable bonds is 5. The van der Waals surface area contributed by atoms with Crippen LogP contribution in [-0.2, 0) is 4.74 Å². The number of H-pyrrole nitrogens is 1. The zero-order valence-electron chi connectivity index (χ0n) is 11.6. The van der Waals surface area contributed by atoms with Gasteiger partial charge < -0.3 is 20.1 Å². The summed E-state index contributed by atoms with van der Waals surface area (Å²) in [4.78, 5) is 28.5. The monoisotopic (exact) mass is 391 g/mol. The summed E-state index contributed by atoms with van der Waals surface area (Å²) in [5.74, 6) is 0. The van der Waals surface area contributed by atoms with Crippen molar-refractivity contribution in [1.29, 1.82) is 0 Å². The van der Waals surface area contributed by atoms with Gasteiger partial charge in [0.05, 0.1) is 12.6 Å². The maximum Gasteiger partial charge on any atom is 0.330 e. The molecule has 1 aromatic rings. The minimum atomic E-state index is -1.48. The number of ether oxygens (including phenoxy) is 1. The third-order valence-electron chi connectivity index (χ3n) is 3.48. The van der Waals surface area contributed by atoms with Crippen LogP contribution in [0.25, 0.3) is 10.4 Å². The fourth-order valence-corrected chi connectivity index (χ4v) is 2.75. The first kappa shape index (κ1) is 17.7. The van der Waals surface area contributed by atoms with E-state index in [1.165, 1.54) is 0 Å². The molecule has 4 N–H and O–H groups in total. The summed E-state index contributed by atoms with van der Waals surface area (Å²) < 4.78 is 6.12. The summed E-state index contributed by atoms with van der Waals surface area (Å²) in [6.45, 7) is -0.553. The van der Waals surface area contributed by atoms with Crippen molar-refractivity contribution >= 4 is 15.9 Å². The predicted molar refractivity (Wildman–Crippen MR) is 80.0 cm³/mol. The van der Waals surface area contributed by atoms with Gasteiger partial charge in [-0.3, -0.25) is 14.3 Å². The van der Waals surface area contributed by atoms with Crippen LogP contribution in [0.4, 0.5) is 0 Å². The van der Waals surface area contributed by atoms with Crippen molar-refractivity contribution in [2.75, 3.05) is 11.9 Å². The molecular weight excluding hydrogens is 378 g/mol. The van der Waals surface area contributed by atoms with Gasteiger partial charge in [-0.05, 0) is 5.53 Å². The van der Waals surface area contributed by atoms with E-state index in [4.69, 9.17) is 15.4 Å². The Morgan fingerprint density at radius 2 is 2.17 bits per heavy atom. The first-order chi connectivity index (χ1) is 10.9. The van der Waals surface area contributed by atoms with Crippen LogP contribution in [0, 0.1) is 0 Å². The van der Waals surface area contributed by atoms with Crippen molar-refractivity contribution in [2.24, 2.45) is 5.11 Å². The van der Waals surface area contributed by atoms with Gasteiger partial charge in [-0.2, -0.15) is 0 Å². The fraction of sp³-hybridized carbons (Fsp3) is 0.636. The largest absolute Gasteiger partial charge is 0.394 e. The molecule has 2 heterocycles. The van der Waals surface area contributed by atoms with Gasteiger partial charge in [-0.15, -0.1) is 0 Å². The number of hydrogen-bond donors (Lipinski definition) is 4. The van der Waals surface area contributed by atoms with E-state index in [0.717, 1.165) is 10.8 Å². The van der Waals surface area contributed by atoms with E-state index in [-0.39, 0.29) is 10.9 Å². The molecule has 23 heavy (non-hydrogen) atoms. The molecule has 0 aromatic carbocycles. The van der Waals surface area contributed by atoms with E-state index in [1.807, 2.05) is 4.98 Å². The Morgan fingerprint density at radius 1 is 1.48 bits per heavy atom. The van der Waals surface area contributed by atoms with Crippen molar-refractivity contribution < 1.29 is 20.1 Å². The topological polar surface area (TPSA) is 174 Å². The Labute approximate surface area is 136 Å². The first-order valence-electron chi connectivity index (χ1n) is 6.52. The number of aliphatic hydroxyl groups excluding tert-OH is 3. The lowest BCUT2D eigenvalue weighted by Crippen LogP contribution is -2.39. The lowest BCUT2D eigenvalue weighted by atomic mass is 10.1. The number of aliphatic hydroxyl groups is 3. The number of aromatic amines is 1. The average Bonchev–Trinajstić information content (AvgIpc) is 2.81. The molecule has 1 unspecified atom stereocenters. The van der Waals surface area contributed by atoms with Gasteiger partial charge in [0, 0.05) is 22.0 Å². The third-order valence-corrected chi connectivity index (χ3v) is 4.10. The number of nitrogens with one attached hydrogen (secondary N) is 1. The Morgan fingerprint density at radius 3 is 2.70 bits per heavy atom. The summed E-state index contributed by atoms with van der Waals surface area (Å²) in [5.41, 5.74) is 6.90. The molecule has 1 aliphatic rings. The third kappa shape index (κ3) is 3.32. The van der Waals surface area contributed by atoms with Crippen LogP contribution in [0.2, 0.25) is 0 Å². The van der Waals surface area contributed by atoms with Gasteiger partial charge >= 0.3 is 5.69 Å². The molecule has 126 valence electrons. The number of halogens is 1. The quantitative estimate of drug-likeness (QED) is 0.214. The average molecular weight is 392 g/mol. The van der Waals surface area contributed by atoms with E-state index >= 15 is 0 Å². The van der Waals surface area contributed by atoms with E-state index < -0.39 is 48.4 Å². The van der Waals surface area contributed by atoms with Gasteiger partial charge in [-0.25, -0.2) is 4.79 Å². The van der Waals surface area contributed by atoms with Crippen LogP contribution in [0.5, 0.6) is 0 Å². The fourth-order valence-electron chi connectivity index (χ4n) is 2.28. The second-order valence-electron chi connectivity index (χ2n) is 4.85. The first-order valence-corrected chi connectivity index (χ1v) is 7.64. The summed E-state index contributed by atoms with van der Waals surface area (Å²) in [7, 11) is 0. The highest BCUT2D eigenvalue weighted by molar-refractivity contribution is 9.09. The molecule has 0 amide bonds. The second-order valence-corrected chi connectivity index (χ2v) is 5.50. The molecular formula is C11H14BrN5O6. The maximum absolute atomic E-state index is 12.0. The van der Waals surface area contributed by atoms with E-state index in [1.54, 1.807) is 0 Å². The Balaban J connectivity index is 2.50. The van der Waals surface area contributed by atoms with Gasteiger partial charge in [0.15, 0.2) is 6.23 Å². The summed E-state index contributed by atoms with van der Waals surface area (Å²) >= 11 is 3.10. The van der Waals surface area contributed by atoms with E-state index in [9.17, 15) is 19.8 Å². The molecule has 1 fully saturated rings. The van der Waals surface area contributed by atoms with Crippen LogP contribution in [-0.4, -0.2) is 55.1 Å². The SMILES string of the molecule is [N-]=[N+]=NC(CBr)c1cn([C@@H]2O[C@H](CO)[C@@H](O)[C@@H]2O)c(=O)[nH]c1=O. The molecule has 0 spiro atoms. The zero-order chi connectivity index (χ0) is 17.1. The molecule has 1 saturated heterocycles. The van der Waals surface area contributed by atoms with Crippen molar-refractivity contribution in [2.45, 2.75) is 30.6 Å². The zero-order valence-corrected chi connectivity index (χ0v) is 13.2. The molecule has 1 aromatic heterocycles. The van der Waals surface area contributed by atoms with E-state index in [0.29, 0.717) is 0 Å². The normalized spacial score (nSPS) is 28.3. The van der Waals surface area contributed by atoms with Crippen molar-refractivity contribution in [1.82, 2.24) is 9.55 Å². The molecule has 1 aliphatic heterocycles. The summed E-state index contributed by atoms with van der Waals surface area (Å²) in [6.07, 6.45) is -4.14. The van der Waals surface area contributed by atoms with Crippen LogP contribution in [0.15, 0.2) is 20.9 Å². The number of hydrogen-bond acceptors (Lipinski definition) is 7. The van der Waals surface area contributed by atoms with Crippen LogP contribution in [0.1, 0.15) is 17.8 Å². The maximum atomic E-state index is 12.0. The molecule has 0 saturated carbocycles. The van der Waals surface area contributed by atoms with Gasteiger partial charge in [0.1, 0.15) is 18.3 Å². The molecule has 2 rings (SSSR count). The molecule has 11 nitrogen and oxygen atoms in total. The van der Waals surface area contributed by atoms with Crippen LogP contribution >= 0.6 is 15.9 Å². The van der Waals surface area contributed by atoms with Crippen molar-refractivity contribution in [3.8, 4) is 0 Å². The minimum absolute atomic E-state index is 0.0167. The van der Waals surface area contributed by atoms with Crippen molar-refractivity contribution in [3.05, 3.63) is 43.0 Å². The van der Waals surface area contributed by atoms with Gasteiger partial charge in [0.2, 0.25) is 0 Å². The lowest BCUT2D eigenvalue weighted by Gasteiger charge is -2.18. The predicted octanol–water partition coefficient (Wildman–Crippen LogP) is -1.11. The van der Waals surface area contributed by atoms with Crippen LogP contribution in [0.3, 0.4) is 0 Å². The summed E-state index contributed by atoms with van der Waals surface area (Å²) in [6, 6.07) is -0.882. The van der Waals surface area contributed by atoms with Crippen molar-refractivity contribution in [3.63, 3.8) is 0 Å². The Hall–Kier alpha value is -1.69. The lowest BCUT2D eigenvalue weighted by molar-refractivity contribution is -0.0551. The van der Waals surface area contributed by atoms with Crippen LogP contribution < -0.4 is 11.2 Å². The molecule has 0 radical (unpaired) electrons. The van der Waals surface area contributed by atoms with Gasteiger partial charge in [0.25, 0.3) is 5.56 Å². The smallest absolute Gasteiger partial charge is 0.330 e.